The number of amides is 1. The summed E-state index contributed by atoms with van der Waals surface area (Å²) in [6.07, 6.45) is 1.75. The number of benzene rings is 2. The number of aryl methyl sites for hydroxylation is 2. The molecule has 2 aromatic carbocycles. The van der Waals surface area contributed by atoms with Crippen LogP contribution in [0.5, 0.6) is 0 Å². The number of carbonyl (C=O) groups is 1. The van der Waals surface area contributed by atoms with E-state index in [1.165, 1.54) is 17.7 Å². The number of rotatable bonds is 6. The first-order chi connectivity index (χ1) is 13.7. The molecule has 0 fully saturated rings. The SMILES string of the molecule is C=CCn1c(C(=O)Nc2cc([N+](=O)[O-])ccc2C)c(C)c2cc(C(C)C)ccc21. The molecule has 0 aliphatic rings. The molecule has 0 spiro atoms. The number of hydrogen-bond donors (Lipinski definition) is 1. The summed E-state index contributed by atoms with van der Waals surface area (Å²) in [6.45, 7) is 12.3. The number of anilines is 1. The van der Waals surface area contributed by atoms with E-state index >= 15 is 0 Å². The maximum atomic E-state index is 13.2. The van der Waals surface area contributed by atoms with Crippen LogP contribution in [0.3, 0.4) is 0 Å². The minimum absolute atomic E-state index is 0.0594. The molecule has 0 unspecified atom stereocenters. The van der Waals surface area contributed by atoms with Gasteiger partial charge in [0.05, 0.1) is 10.6 Å². The zero-order chi connectivity index (χ0) is 21.3. The van der Waals surface area contributed by atoms with Gasteiger partial charge in [0, 0.05) is 29.6 Å². The van der Waals surface area contributed by atoms with Gasteiger partial charge in [-0.05, 0) is 48.6 Å². The van der Waals surface area contributed by atoms with Crippen LogP contribution in [0.15, 0.2) is 49.1 Å². The van der Waals surface area contributed by atoms with Crippen LogP contribution >= 0.6 is 0 Å². The van der Waals surface area contributed by atoms with E-state index in [2.05, 4.69) is 37.9 Å². The van der Waals surface area contributed by atoms with Gasteiger partial charge in [-0.3, -0.25) is 14.9 Å². The van der Waals surface area contributed by atoms with Crippen molar-refractivity contribution in [3.05, 3.63) is 81.6 Å². The lowest BCUT2D eigenvalue weighted by atomic mass is 10.0. The average Bonchev–Trinajstić information content (AvgIpc) is 2.95. The van der Waals surface area contributed by atoms with Crippen LogP contribution in [-0.4, -0.2) is 15.4 Å². The summed E-state index contributed by atoms with van der Waals surface area (Å²) in [7, 11) is 0. The van der Waals surface area contributed by atoms with Gasteiger partial charge in [0.1, 0.15) is 5.69 Å². The second-order valence-corrected chi connectivity index (χ2v) is 7.51. The quantitative estimate of drug-likeness (QED) is 0.331. The molecule has 0 saturated carbocycles. The number of nitrogens with one attached hydrogen (secondary N) is 1. The monoisotopic (exact) mass is 391 g/mol. The summed E-state index contributed by atoms with van der Waals surface area (Å²) in [4.78, 5) is 23.8. The highest BCUT2D eigenvalue weighted by molar-refractivity contribution is 6.08. The molecule has 0 radical (unpaired) electrons. The van der Waals surface area contributed by atoms with Crippen molar-refractivity contribution in [2.45, 2.75) is 40.2 Å². The Morgan fingerprint density at radius 1 is 1.24 bits per heavy atom. The predicted octanol–water partition coefficient (Wildman–Crippen LogP) is 5.73. The van der Waals surface area contributed by atoms with E-state index in [1.54, 1.807) is 19.1 Å². The Balaban J connectivity index is 2.11. The van der Waals surface area contributed by atoms with E-state index in [4.69, 9.17) is 0 Å². The molecule has 3 rings (SSSR count). The first-order valence-electron chi connectivity index (χ1n) is 9.54. The van der Waals surface area contributed by atoms with Gasteiger partial charge in [0.15, 0.2) is 0 Å². The number of non-ortho nitro benzene ring substituents is 1. The van der Waals surface area contributed by atoms with Crippen molar-refractivity contribution in [2.24, 2.45) is 0 Å². The number of nitro benzene ring substituents is 1. The lowest BCUT2D eigenvalue weighted by Crippen LogP contribution is -2.18. The molecule has 1 aromatic heterocycles. The number of nitro groups is 1. The maximum absolute atomic E-state index is 13.2. The standard InChI is InChI=1S/C23H25N3O3/c1-6-11-25-21-10-8-17(14(2)3)12-19(21)16(5)22(25)23(27)24-20-13-18(26(28)29)9-7-15(20)4/h6-10,12-14H,1,11H2,2-5H3,(H,24,27). The summed E-state index contributed by atoms with van der Waals surface area (Å²) in [6, 6.07) is 10.7. The summed E-state index contributed by atoms with van der Waals surface area (Å²) in [5, 5.41) is 15.0. The Hall–Kier alpha value is -3.41. The zero-order valence-electron chi connectivity index (χ0n) is 17.2. The Morgan fingerprint density at radius 2 is 1.97 bits per heavy atom. The molecule has 1 heterocycles. The average molecular weight is 391 g/mol. The van der Waals surface area contributed by atoms with Crippen molar-refractivity contribution in [3.8, 4) is 0 Å². The Morgan fingerprint density at radius 3 is 2.59 bits per heavy atom. The van der Waals surface area contributed by atoms with Gasteiger partial charge in [0.2, 0.25) is 0 Å². The van der Waals surface area contributed by atoms with Gasteiger partial charge in [-0.25, -0.2) is 0 Å². The van der Waals surface area contributed by atoms with E-state index < -0.39 is 4.92 Å². The molecule has 0 bridgehead atoms. The van der Waals surface area contributed by atoms with Crippen LogP contribution in [0, 0.1) is 24.0 Å². The Kier molecular flexibility index (Phi) is 5.55. The van der Waals surface area contributed by atoms with Crippen LogP contribution in [0.1, 0.15) is 46.9 Å². The van der Waals surface area contributed by atoms with E-state index in [9.17, 15) is 14.9 Å². The maximum Gasteiger partial charge on any atom is 0.272 e. The number of allylic oxidation sites excluding steroid dienone is 1. The van der Waals surface area contributed by atoms with Crippen LogP contribution in [0.4, 0.5) is 11.4 Å². The predicted molar refractivity (Wildman–Crippen MR) is 117 cm³/mol. The summed E-state index contributed by atoms with van der Waals surface area (Å²) < 4.78 is 1.93. The van der Waals surface area contributed by atoms with E-state index in [1.807, 2.05) is 17.6 Å². The normalized spacial score (nSPS) is 11.1. The topological polar surface area (TPSA) is 77.2 Å². The summed E-state index contributed by atoms with van der Waals surface area (Å²) in [5.41, 5.74) is 4.72. The highest BCUT2D eigenvalue weighted by Crippen LogP contribution is 2.30. The number of aromatic nitrogens is 1. The third-order valence-corrected chi connectivity index (χ3v) is 5.21. The molecule has 29 heavy (non-hydrogen) atoms. The molecule has 0 aliphatic carbocycles. The zero-order valence-corrected chi connectivity index (χ0v) is 17.2. The van der Waals surface area contributed by atoms with Crippen LogP contribution in [0.25, 0.3) is 10.9 Å². The molecule has 3 aromatic rings. The molecule has 0 aliphatic heterocycles. The molecule has 1 N–H and O–H groups in total. The molecule has 0 saturated heterocycles. The van der Waals surface area contributed by atoms with Crippen LogP contribution < -0.4 is 5.32 Å². The Bertz CT molecular complexity index is 1130. The molecule has 6 nitrogen and oxygen atoms in total. The molecule has 1 amide bonds. The number of hydrogen-bond acceptors (Lipinski definition) is 3. The van der Waals surface area contributed by atoms with E-state index in [0.29, 0.717) is 23.8 Å². The highest BCUT2D eigenvalue weighted by Gasteiger charge is 2.21. The summed E-state index contributed by atoms with van der Waals surface area (Å²) >= 11 is 0. The second-order valence-electron chi connectivity index (χ2n) is 7.51. The first kappa shape index (κ1) is 20.3. The molecule has 150 valence electrons. The van der Waals surface area contributed by atoms with Crippen molar-refractivity contribution in [1.29, 1.82) is 0 Å². The minimum atomic E-state index is -0.470. The molecule has 0 atom stereocenters. The van der Waals surface area contributed by atoms with Crippen molar-refractivity contribution >= 4 is 28.2 Å². The molecule has 6 heteroatoms. The van der Waals surface area contributed by atoms with Gasteiger partial charge in [-0.1, -0.05) is 32.1 Å². The number of fused-ring (bicyclic) bond motifs is 1. The first-order valence-corrected chi connectivity index (χ1v) is 9.54. The minimum Gasteiger partial charge on any atom is -0.332 e. The fraction of sp³-hybridized carbons (Fsp3) is 0.261. The van der Waals surface area contributed by atoms with Gasteiger partial charge in [0.25, 0.3) is 11.6 Å². The number of carbonyl (C=O) groups excluding carboxylic acids is 1. The van der Waals surface area contributed by atoms with E-state index in [-0.39, 0.29) is 11.6 Å². The van der Waals surface area contributed by atoms with Gasteiger partial charge in [-0.15, -0.1) is 6.58 Å². The third kappa shape index (κ3) is 3.78. The molecular weight excluding hydrogens is 366 g/mol. The largest absolute Gasteiger partial charge is 0.332 e. The fourth-order valence-electron chi connectivity index (χ4n) is 3.55. The second kappa shape index (κ2) is 7.91. The van der Waals surface area contributed by atoms with Gasteiger partial charge < -0.3 is 9.88 Å². The van der Waals surface area contributed by atoms with Crippen molar-refractivity contribution < 1.29 is 9.72 Å². The summed E-state index contributed by atoms with van der Waals surface area (Å²) in [5.74, 6) is 0.0848. The van der Waals surface area contributed by atoms with Crippen LogP contribution in [0.2, 0.25) is 0 Å². The third-order valence-electron chi connectivity index (χ3n) is 5.21. The van der Waals surface area contributed by atoms with Crippen molar-refractivity contribution in [3.63, 3.8) is 0 Å². The van der Waals surface area contributed by atoms with Gasteiger partial charge in [-0.2, -0.15) is 0 Å². The lowest BCUT2D eigenvalue weighted by Gasteiger charge is -2.12. The number of nitrogens with zero attached hydrogens (tertiary/aromatic N) is 2. The van der Waals surface area contributed by atoms with Crippen molar-refractivity contribution in [1.82, 2.24) is 4.57 Å². The smallest absolute Gasteiger partial charge is 0.272 e. The van der Waals surface area contributed by atoms with Gasteiger partial charge >= 0.3 is 0 Å². The fourth-order valence-corrected chi connectivity index (χ4v) is 3.55. The highest BCUT2D eigenvalue weighted by atomic mass is 16.6. The molecular formula is C23H25N3O3. The lowest BCUT2D eigenvalue weighted by molar-refractivity contribution is -0.384. The van der Waals surface area contributed by atoms with Crippen molar-refractivity contribution in [2.75, 3.05) is 5.32 Å². The van der Waals surface area contributed by atoms with Crippen LogP contribution in [-0.2, 0) is 6.54 Å². The van der Waals surface area contributed by atoms with E-state index in [0.717, 1.165) is 22.0 Å². The Labute approximate surface area is 170 Å².